The Morgan fingerprint density at radius 2 is 2.00 bits per heavy atom. The Kier molecular flexibility index (Phi) is 4.31. The lowest BCUT2D eigenvalue weighted by atomic mass is 10.6. The minimum Gasteiger partial charge on any atom is -0.388 e. The molecule has 0 aromatic rings. The Balaban J connectivity index is 3.87. The predicted molar refractivity (Wildman–Crippen MR) is 25.1 cm³/mol. The molecule has 0 aliphatic carbocycles. The molecule has 0 rings (SSSR count). The molecule has 0 radical (unpaired) electrons. The van der Waals surface area contributed by atoms with Crippen LogP contribution < -0.4 is 0 Å². The topological polar surface area (TPSA) is 38.7 Å². The van der Waals surface area contributed by atoms with Crippen LogP contribution in [-0.2, 0) is 9.47 Å². The van der Waals surface area contributed by atoms with E-state index in [1.807, 2.05) is 0 Å². The van der Waals surface area contributed by atoms with E-state index in [0.29, 0.717) is 0 Å². The standard InChI is InChI=1S/C4H6F4O3/c5-2-10-4(8,1-9)11-3(6)7/h3,9H,1-2H2. The molecule has 3 nitrogen and oxygen atoms in total. The molecule has 0 amide bonds. The van der Waals surface area contributed by atoms with Crippen LogP contribution in [-0.4, -0.2) is 31.2 Å². The summed E-state index contributed by atoms with van der Waals surface area (Å²) in [7, 11) is 0. The molecule has 11 heavy (non-hydrogen) atoms. The Morgan fingerprint density at radius 3 is 2.27 bits per heavy atom. The molecule has 0 bridgehead atoms. The minimum absolute atomic E-state index is 1.50. The number of halogens is 4. The van der Waals surface area contributed by atoms with Gasteiger partial charge in [0.05, 0.1) is 0 Å². The molecule has 0 aromatic heterocycles. The number of rotatable bonds is 5. The highest BCUT2D eigenvalue weighted by atomic mass is 19.3. The summed E-state index contributed by atoms with van der Waals surface area (Å²) in [5, 5.41) is 8.04. The molecule has 0 aromatic carbocycles. The van der Waals surface area contributed by atoms with Crippen LogP contribution in [0.3, 0.4) is 0 Å². The summed E-state index contributed by atoms with van der Waals surface area (Å²) in [6.45, 7) is -6.64. The van der Waals surface area contributed by atoms with Gasteiger partial charge in [-0.1, -0.05) is 0 Å². The van der Waals surface area contributed by atoms with Crippen molar-refractivity contribution in [1.29, 1.82) is 0 Å². The second-order valence-corrected chi connectivity index (χ2v) is 1.45. The fraction of sp³-hybridized carbons (Fsp3) is 1.00. The van der Waals surface area contributed by atoms with Crippen LogP contribution in [0.1, 0.15) is 0 Å². The van der Waals surface area contributed by atoms with E-state index < -0.39 is 26.1 Å². The predicted octanol–water partition coefficient (Wildman–Crippen LogP) is 0.785. The highest BCUT2D eigenvalue weighted by Gasteiger charge is 2.35. The first-order valence-electron chi connectivity index (χ1n) is 2.50. The lowest BCUT2D eigenvalue weighted by molar-refractivity contribution is -0.389. The minimum atomic E-state index is -3.47. The van der Waals surface area contributed by atoms with Gasteiger partial charge in [-0.05, 0) is 0 Å². The van der Waals surface area contributed by atoms with Crippen LogP contribution in [0.5, 0.6) is 0 Å². The Bertz CT molecular complexity index is 112. The quantitative estimate of drug-likeness (QED) is 0.499. The average molecular weight is 178 g/mol. The van der Waals surface area contributed by atoms with Crippen LogP contribution in [0.15, 0.2) is 0 Å². The summed E-state index contributed by atoms with van der Waals surface area (Å²) in [6.07, 6.45) is 0. The maximum absolute atomic E-state index is 12.4. The van der Waals surface area contributed by atoms with Gasteiger partial charge in [0.1, 0.15) is 6.61 Å². The third-order valence-corrected chi connectivity index (χ3v) is 0.724. The van der Waals surface area contributed by atoms with Crippen molar-refractivity contribution < 1.29 is 32.1 Å². The molecule has 0 saturated carbocycles. The van der Waals surface area contributed by atoms with Crippen molar-refractivity contribution in [3.05, 3.63) is 0 Å². The molecule has 0 aliphatic rings. The number of hydrogen-bond donors (Lipinski definition) is 1. The highest BCUT2D eigenvalue weighted by Crippen LogP contribution is 2.18. The lowest BCUT2D eigenvalue weighted by Gasteiger charge is -2.20. The second kappa shape index (κ2) is 4.47. The summed E-state index contributed by atoms with van der Waals surface area (Å²) in [4.78, 5) is 0. The maximum atomic E-state index is 12.4. The van der Waals surface area contributed by atoms with Crippen molar-refractivity contribution in [2.75, 3.05) is 13.5 Å². The fourth-order valence-corrected chi connectivity index (χ4v) is 0.331. The molecular weight excluding hydrogens is 172 g/mol. The van der Waals surface area contributed by atoms with Crippen molar-refractivity contribution in [2.24, 2.45) is 0 Å². The second-order valence-electron chi connectivity index (χ2n) is 1.45. The van der Waals surface area contributed by atoms with E-state index in [1.165, 1.54) is 0 Å². The van der Waals surface area contributed by atoms with E-state index in [2.05, 4.69) is 9.47 Å². The van der Waals surface area contributed by atoms with Gasteiger partial charge in [-0.25, -0.2) is 4.39 Å². The maximum Gasteiger partial charge on any atom is 0.350 e. The van der Waals surface area contributed by atoms with E-state index >= 15 is 0 Å². The molecule has 0 spiro atoms. The van der Waals surface area contributed by atoms with E-state index in [-0.39, 0.29) is 0 Å². The van der Waals surface area contributed by atoms with Crippen molar-refractivity contribution >= 4 is 0 Å². The highest BCUT2D eigenvalue weighted by molar-refractivity contribution is 4.48. The molecular formula is C4H6F4O3. The van der Waals surface area contributed by atoms with Crippen LogP contribution in [0, 0.1) is 0 Å². The van der Waals surface area contributed by atoms with Gasteiger partial charge in [0.2, 0.25) is 0 Å². The first kappa shape index (κ1) is 10.6. The van der Waals surface area contributed by atoms with Crippen molar-refractivity contribution in [3.63, 3.8) is 0 Å². The van der Waals surface area contributed by atoms with Gasteiger partial charge in [0, 0.05) is 0 Å². The monoisotopic (exact) mass is 178 g/mol. The van der Waals surface area contributed by atoms with E-state index in [0.717, 1.165) is 0 Å². The molecule has 1 atom stereocenters. The number of hydrogen-bond acceptors (Lipinski definition) is 3. The average Bonchev–Trinajstić information content (AvgIpc) is 1.87. The summed E-state index contributed by atoms with van der Waals surface area (Å²) in [5.41, 5.74) is 0. The zero-order valence-corrected chi connectivity index (χ0v) is 5.27. The van der Waals surface area contributed by atoms with Crippen LogP contribution in [0.2, 0.25) is 0 Å². The van der Waals surface area contributed by atoms with Crippen molar-refractivity contribution in [1.82, 2.24) is 0 Å². The largest absolute Gasteiger partial charge is 0.388 e. The first-order chi connectivity index (χ1) is 5.04. The SMILES string of the molecule is OCC(F)(OCF)OC(F)F. The van der Waals surface area contributed by atoms with Crippen LogP contribution in [0.4, 0.5) is 17.6 Å². The van der Waals surface area contributed by atoms with Crippen molar-refractivity contribution in [3.8, 4) is 0 Å². The van der Waals surface area contributed by atoms with Crippen LogP contribution >= 0.6 is 0 Å². The third-order valence-electron chi connectivity index (χ3n) is 0.724. The molecule has 0 heterocycles. The lowest BCUT2D eigenvalue weighted by Crippen LogP contribution is -2.36. The van der Waals surface area contributed by atoms with Gasteiger partial charge >= 0.3 is 12.7 Å². The Hall–Kier alpha value is -0.400. The smallest absolute Gasteiger partial charge is 0.350 e. The van der Waals surface area contributed by atoms with Gasteiger partial charge in [0.25, 0.3) is 0 Å². The van der Waals surface area contributed by atoms with Gasteiger partial charge in [-0.15, -0.1) is 0 Å². The molecule has 68 valence electrons. The summed E-state index contributed by atoms with van der Waals surface area (Å²) in [6, 6.07) is -3.46. The fourth-order valence-electron chi connectivity index (χ4n) is 0.331. The number of ether oxygens (including phenoxy) is 2. The summed E-state index contributed by atoms with van der Waals surface area (Å²) >= 11 is 0. The Labute approximate surface area is 59.5 Å². The molecule has 0 saturated heterocycles. The van der Waals surface area contributed by atoms with E-state index in [1.54, 1.807) is 0 Å². The van der Waals surface area contributed by atoms with Gasteiger partial charge < -0.3 is 5.11 Å². The summed E-state index contributed by atoms with van der Waals surface area (Å²) in [5.74, 6) is 0. The van der Waals surface area contributed by atoms with Crippen molar-refractivity contribution in [2.45, 2.75) is 12.7 Å². The summed E-state index contributed by atoms with van der Waals surface area (Å²) < 4.78 is 52.6. The van der Waals surface area contributed by atoms with Gasteiger partial charge in [0.15, 0.2) is 6.86 Å². The molecule has 7 heteroatoms. The zero-order valence-electron chi connectivity index (χ0n) is 5.27. The zero-order chi connectivity index (χ0) is 8.91. The molecule has 1 unspecified atom stereocenters. The number of alkyl halides is 4. The molecule has 0 aliphatic heterocycles. The normalized spacial score (nSPS) is 16.9. The van der Waals surface area contributed by atoms with Crippen LogP contribution in [0.25, 0.3) is 0 Å². The van der Waals surface area contributed by atoms with E-state index in [9.17, 15) is 17.6 Å². The Morgan fingerprint density at radius 1 is 1.45 bits per heavy atom. The van der Waals surface area contributed by atoms with Gasteiger partial charge in [-0.2, -0.15) is 13.2 Å². The van der Waals surface area contributed by atoms with E-state index in [4.69, 9.17) is 5.11 Å². The third kappa shape index (κ3) is 4.12. The number of aliphatic hydroxyl groups excluding tert-OH is 1. The van der Waals surface area contributed by atoms with Gasteiger partial charge in [-0.3, -0.25) is 9.47 Å². The first-order valence-corrected chi connectivity index (χ1v) is 2.50. The number of aliphatic hydroxyl groups is 1. The molecule has 0 fully saturated rings. The molecule has 1 N–H and O–H groups in total.